The van der Waals surface area contributed by atoms with Gasteiger partial charge in [-0.15, -0.1) is 0 Å². The summed E-state index contributed by atoms with van der Waals surface area (Å²) >= 11 is 4.32. The molecule has 0 aliphatic rings. The quantitative estimate of drug-likeness (QED) is 0.255. The van der Waals surface area contributed by atoms with E-state index in [1.54, 1.807) is 24.3 Å². The van der Waals surface area contributed by atoms with Crippen LogP contribution in [-0.2, 0) is 31.5 Å². The Labute approximate surface area is 200 Å². The van der Waals surface area contributed by atoms with Gasteiger partial charge in [0.1, 0.15) is 0 Å². The summed E-state index contributed by atoms with van der Waals surface area (Å²) in [5.41, 5.74) is 5.46. The number of unbranched alkanes of at least 4 members (excludes halogenated alkanes) is 1. The molecule has 1 heterocycles. The van der Waals surface area contributed by atoms with Crippen LogP contribution in [0.1, 0.15) is 29.7 Å². The van der Waals surface area contributed by atoms with Gasteiger partial charge >= 0.3 is 5.97 Å². The van der Waals surface area contributed by atoms with E-state index >= 15 is 0 Å². The van der Waals surface area contributed by atoms with Crippen molar-refractivity contribution in [3.63, 3.8) is 0 Å². The number of ether oxygens (including phenoxy) is 1. The van der Waals surface area contributed by atoms with E-state index in [0.717, 1.165) is 33.8 Å². The number of hydrogen-bond acceptors (Lipinski definition) is 6. The molecule has 3 rings (SSSR count). The summed E-state index contributed by atoms with van der Waals surface area (Å²) < 4.78 is 31.1. The van der Waals surface area contributed by atoms with E-state index in [1.807, 2.05) is 37.3 Å². The van der Waals surface area contributed by atoms with Crippen LogP contribution in [0.25, 0.3) is 16.9 Å². The lowest BCUT2D eigenvalue weighted by Crippen LogP contribution is -2.10. The minimum Gasteiger partial charge on any atom is -0.465 e. The summed E-state index contributed by atoms with van der Waals surface area (Å²) in [4.78, 5) is 12.6. The molecule has 0 spiro atoms. The average Bonchev–Trinajstić information content (AvgIpc) is 3.12. The minimum atomic E-state index is -3.29. The Morgan fingerprint density at radius 2 is 1.73 bits per heavy atom. The first-order chi connectivity index (χ1) is 15.7. The van der Waals surface area contributed by atoms with Crippen LogP contribution in [0.4, 0.5) is 0 Å². The molecule has 0 saturated carbocycles. The van der Waals surface area contributed by atoms with Crippen LogP contribution in [0.5, 0.6) is 0 Å². The Kier molecular flexibility index (Phi) is 8.40. The first-order valence-electron chi connectivity index (χ1n) is 10.7. The number of aliphatic hydroxyl groups is 1. The number of esters is 1. The van der Waals surface area contributed by atoms with Crippen molar-refractivity contribution in [3.8, 4) is 16.9 Å². The zero-order chi connectivity index (χ0) is 24.0. The van der Waals surface area contributed by atoms with E-state index in [4.69, 9.17) is 9.84 Å². The summed E-state index contributed by atoms with van der Waals surface area (Å²) in [5.74, 6) is 0.315. The van der Waals surface area contributed by atoms with Gasteiger partial charge in [0.25, 0.3) is 0 Å². The molecule has 0 fully saturated rings. The van der Waals surface area contributed by atoms with Gasteiger partial charge in [0, 0.05) is 30.0 Å². The second kappa shape index (κ2) is 11.0. The monoisotopic (exact) mass is 487 g/mol. The maximum atomic E-state index is 12.4. The van der Waals surface area contributed by atoms with Crippen LogP contribution < -0.4 is 0 Å². The number of hydrogen-bond donors (Lipinski definition) is 2. The standard InChI is InChI=1S/C25H29NO5S2/c1-18-21(16-25(28)31-14-4-3-13-27)15-24(20-7-11-23(12-8-20)33(2,29)30)26(18)22-9-5-19(17-32)6-10-22/h5-12,15,27,32H,3-4,13-14,16-17H2,1-2H3. The van der Waals surface area contributed by atoms with Gasteiger partial charge in [-0.1, -0.05) is 24.3 Å². The number of rotatable bonds is 10. The number of thiol groups is 1. The van der Waals surface area contributed by atoms with Crippen LogP contribution >= 0.6 is 12.6 Å². The summed E-state index contributed by atoms with van der Waals surface area (Å²) in [6.07, 6.45) is 2.53. The van der Waals surface area contributed by atoms with E-state index in [0.29, 0.717) is 18.6 Å². The maximum Gasteiger partial charge on any atom is 0.310 e. The van der Waals surface area contributed by atoms with E-state index in [2.05, 4.69) is 17.2 Å². The number of nitrogens with zero attached hydrogens (tertiary/aromatic N) is 1. The van der Waals surface area contributed by atoms with E-state index in [9.17, 15) is 13.2 Å². The van der Waals surface area contributed by atoms with Crippen molar-refractivity contribution in [2.24, 2.45) is 0 Å². The van der Waals surface area contributed by atoms with Gasteiger partial charge < -0.3 is 14.4 Å². The van der Waals surface area contributed by atoms with Crippen LogP contribution in [0.3, 0.4) is 0 Å². The highest BCUT2D eigenvalue weighted by atomic mass is 32.2. The molecule has 1 aromatic heterocycles. The van der Waals surface area contributed by atoms with Crippen molar-refractivity contribution in [3.05, 3.63) is 71.4 Å². The minimum absolute atomic E-state index is 0.0764. The average molecular weight is 488 g/mol. The predicted molar refractivity (Wildman–Crippen MR) is 133 cm³/mol. The Morgan fingerprint density at radius 3 is 2.30 bits per heavy atom. The molecule has 0 radical (unpaired) electrons. The lowest BCUT2D eigenvalue weighted by molar-refractivity contribution is -0.143. The van der Waals surface area contributed by atoms with Crippen molar-refractivity contribution in [2.45, 2.75) is 36.8 Å². The molecule has 0 unspecified atom stereocenters. The van der Waals surface area contributed by atoms with Crippen molar-refractivity contribution >= 4 is 28.4 Å². The summed E-state index contributed by atoms with van der Waals surface area (Å²) in [6, 6.07) is 16.7. The van der Waals surface area contributed by atoms with E-state index in [-0.39, 0.29) is 30.5 Å². The highest BCUT2D eigenvalue weighted by molar-refractivity contribution is 7.90. The first-order valence-corrected chi connectivity index (χ1v) is 13.3. The third-order valence-electron chi connectivity index (χ3n) is 5.46. The van der Waals surface area contributed by atoms with Gasteiger partial charge in [0.2, 0.25) is 0 Å². The van der Waals surface area contributed by atoms with Gasteiger partial charge in [0.15, 0.2) is 9.84 Å². The molecule has 8 heteroatoms. The molecule has 176 valence electrons. The van der Waals surface area contributed by atoms with Crippen molar-refractivity contribution in [2.75, 3.05) is 19.5 Å². The predicted octanol–water partition coefficient (Wildman–Crippen LogP) is 4.14. The lowest BCUT2D eigenvalue weighted by Gasteiger charge is -2.13. The van der Waals surface area contributed by atoms with Gasteiger partial charge in [-0.3, -0.25) is 4.79 Å². The molecule has 6 nitrogen and oxygen atoms in total. The Bertz CT molecular complexity index is 1200. The zero-order valence-corrected chi connectivity index (χ0v) is 20.5. The maximum absolute atomic E-state index is 12.4. The molecule has 3 aromatic rings. The third-order valence-corrected chi connectivity index (χ3v) is 6.95. The molecular formula is C25H29NO5S2. The molecule has 0 saturated heterocycles. The van der Waals surface area contributed by atoms with Crippen LogP contribution in [-0.4, -0.2) is 43.5 Å². The summed E-state index contributed by atoms with van der Waals surface area (Å²) in [5, 5.41) is 8.87. The molecule has 0 amide bonds. The fourth-order valence-electron chi connectivity index (χ4n) is 3.61. The molecule has 0 atom stereocenters. The number of aromatic nitrogens is 1. The third kappa shape index (κ3) is 6.28. The molecule has 33 heavy (non-hydrogen) atoms. The fourth-order valence-corrected chi connectivity index (χ4v) is 4.45. The normalized spacial score (nSPS) is 11.5. The zero-order valence-electron chi connectivity index (χ0n) is 18.8. The molecule has 0 aliphatic carbocycles. The number of benzene rings is 2. The second-order valence-electron chi connectivity index (χ2n) is 7.92. The number of aliphatic hydroxyl groups excluding tert-OH is 1. The van der Waals surface area contributed by atoms with Crippen molar-refractivity contribution in [1.82, 2.24) is 4.57 Å². The van der Waals surface area contributed by atoms with Crippen LogP contribution in [0.2, 0.25) is 0 Å². The summed E-state index contributed by atoms with van der Waals surface area (Å²) in [6.45, 7) is 2.31. The highest BCUT2D eigenvalue weighted by Crippen LogP contribution is 2.31. The van der Waals surface area contributed by atoms with Crippen LogP contribution in [0, 0.1) is 6.92 Å². The molecule has 2 aromatic carbocycles. The van der Waals surface area contributed by atoms with E-state index < -0.39 is 9.84 Å². The van der Waals surface area contributed by atoms with Gasteiger partial charge in [-0.05, 0) is 66.8 Å². The Hall–Kier alpha value is -2.55. The Balaban J connectivity index is 1.99. The fraction of sp³-hybridized carbons (Fsp3) is 0.320. The van der Waals surface area contributed by atoms with Gasteiger partial charge in [-0.25, -0.2) is 8.42 Å². The molecule has 0 aliphatic heterocycles. The second-order valence-corrected chi connectivity index (χ2v) is 10.3. The van der Waals surface area contributed by atoms with Crippen molar-refractivity contribution in [1.29, 1.82) is 0 Å². The highest BCUT2D eigenvalue weighted by Gasteiger charge is 2.18. The number of carbonyl (C=O) groups excluding carboxylic acids is 1. The molecule has 1 N–H and O–H groups in total. The smallest absolute Gasteiger partial charge is 0.310 e. The molecular weight excluding hydrogens is 458 g/mol. The van der Waals surface area contributed by atoms with Crippen molar-refractivity contribution < 1.29 is 23.1 Å². The van der Waals surface area contributed by atoms with E-state index in [1.165, 1.54) is 6.26 Å². The Morgan fingerprint density at radius 1 is 1.06 bits per heavy atom. The lowest BCUT2D eigenvalue weighted by atomic mass is 10.1. The first kappa shape index (κ1) is 25.1. The molecule has 0 bridgehead atoms. The summed E-state index contributed by atoms with van der Waals surface area (Å²) in [7, 11) is -3.29. The SMILES string of the molecule is Cc1c(CC(=O)OCCCCO)cc(-c2ccc(S(C)(=O)=O)cc2)n1-c1ccc(CS)cc1. The topological polar surface area (TPSA) is 85.6 Å². The van der Waals surface area contributed by atoms with Crippen LogP contribution in [0.15, 0.2) is 59.5 Å². The number of carbonyl (C=O) groups is 1. The number of sulfone groups is 1. The van der Waals surface area contributed by atoms with Gasteiger partial charge in [0.05, 0.1) is 23.6 Å². The van der Waals surface area contributed by atoms with Gasteiger partial charge in [-0.2, -0.15) is 12.6 Å². The largest absolute Gasteiger partial charge is 0.465 e.